The Labute approximate surface area is 234 Å². The molecule has 0 unspecified atom stereocenters. The van der Waals surface area contributed by atoms with Crippen molar-refractivity contribution < 1.29 is 9.53 Å². The summed E-state index contributed by atoms with van der Waals surface area (Å²) in [6, 6.07) is 20.0. The number of anilines is 1. The van der Waals surface area contributed by atoms with Crippen molar-refractivity contribution in [3.8, 4) is 28.3 Å². The lowest BCUT2D eigenvalue weighted by molar-refractivity contribution is 0.0644. The third-order valence-electron chi connectivity index (χ3n) is 8.00. The van der Waals surface area contributed by atoms with Crippen molar-refractivity contribution >= 4 is 11.7 Å². The van der Waals surface area contributed by atoms with Gasteiger partial charge in [0.1, 0.15) is 6.61 Å². The number of hydrogen-bond donors (Lipinski definition) is 1. The number of ether oxygens (including phenoxy) is 1. The van der Waals surface area contributed by atoms with E-state index in [0.29, 0.717) is 34.8 Å². The van der Waals surface area contributed by atoms with E-state index in [1.807, 2.05) is 72.6 Å². The van der Waals surface area contributed by atoms with Crippen LogP contribution in [0, 0.1) is 0 Å². The van der Waals surface area contributed by atoms with Crippen molar-refractivity contribution in [2.75, 3.05) is 31.9 Å². The second kappa shape index (κ2) is 11.5. The molecule has 0 radical (unpaired) electrons. The highest BCUT2D eigenvalue weighted by Gasteiger charge is 2.28. The highest BCUT2D eigenvalue weighted by Crippen LogP contribution is 2.29. The van der Waals surface area contributed by atoms with Gasteiger partial charge in [0, 0.05) is 49.1 Å². The summed E-state index contributed by atoms with van der Waals surface area (Å²) in [5.74, 6) is 2.20. The number of hydrogen-bond acceptors (Lipinski definition) is 7. The predicted octanol–water partition coefficient (Wildman–Crippen LogP) is 4.41. The Hall–Kier alpha value is -4.24. The van der Waals surface area contributed by atoms with Crippen LogP contribution >= 0.6 is 0 Å². The maximum absolute atomic E-state index is 13.2. The molecule has 0 saturated carbocycles. The molecule has 2 aliphatic heterocycles. The van der Waals surface area contributed by atoms with Crippen LogP contribution in [0.4, 0.5) is 5.82 Å². The van der Waals surface area contributed by atoms with Crippen molar-refractivity contribution in [1.82, 2.24) is 29.5 Å². The van der Waals surface area contributed by atoms with Crippen molar-refractivity contribution in [3.05, 3.63) is 78.2 Å². The maximum Gasteiger partial charge on any atom is 0.253 e. The van der Waals surface area contributed by atoms with Crippen LogP contribution in [0.15, 0.2) is 66.9 Å². The SMILES string of the molecule is Cn1nc(-c2ccccc2)nc1COc1cc(-c2ccc(C(=O)N3CCC(N4CCCC4)CC3)cc2)cnc1N. The first kappa shape index (κ1) is 26.0. The Morgan fingerprint density at radius 3 is 2.40 bits per heavy atom. The molecule has 206 valence electrons. The Kier molecular flexibility index (Phi) is 7.46. The number of nitrogen functional groups attached to an aromatic ring is 1. The van der Waals surface area contributed by atoms with Gasteiger partial charge in [-0.3, -0.25) is 4.79 Å². The summed E-state index contributed by atoms with van der Waals surface area (Å²) in [6.07, 6.45) is 6.45. The molecule has 2 aromatic heterocycles. The molecule has 4 heterocycles. The van der Waals surface area contributed by atoms with Gasteiger partial charge in [0.2, 0.25) is 0 Å². The third-order valence-corrected chi connectivity index (χ3v) is 8.00. The van der Waals surface area contributed by atoms with E-state index in [9.17, 15) is 4.79 Å². The van der Waals surface area contributed by atoms with Crippen LogP contribution in [0.5, 0.6) is 5.75 Å². The highest BCUT2D eigenvalue weighted by atomic mass is 16.5. The number of nitrogens with zero attached hydrogens (tertiary/aromatic N) is 6. The van der Waals surface area contributed by atoms with Crippen molar-refractivity contribution in [1.29, 1.82) is 0 Å². The Bertz CT molecular complexity index is 1460. The van der Waals surface area contributed by atoms with Gasteiger partial charge in [0.05, 0.1) is 0 Å². The fourth-order valence-corrected chi connectivity index (χ4v) is 5.65. The van der Waals surface area contributed by atoms with Crippen LogP contribution in [0.2, 0.25) is 0 Å². The first-order valence-corrected chi connectivity index (χ1v) is 14.0. The third kappa shape index (κ3) is 5.56. The molecule has 40 heavy (non-hydrogen) atoms. The van der Waals surface area contributed by atoms with E-state index in [2.05, 4.69) is 20.0 Å². The summed E-state index contributed by atoms with van der Waals surface area (Å²) in [5.41, 5.74) is 9.58. The smallest absolute Gasteiger partial charge is 0.253 e. The number of pyridine rings is 1. The zero-order chi connectivity index (χ0) is 27.5. The minimum atomic E-state index is 0.101. The quantitative estimate of drug-likeness (QED) is 0.373. The van der Waals surface area contributed by atoms with Gasteiger partial charge in [-0.2, -0.15) is 5.10 Å². The van der Waals surface area contributed by atoms with Gasteiger partial charge in [0.15, 0.2) is 23.2 Å². The largest absolute Gasteiger partial charge is 0.482 e. The first-order chi connectivity index (χ1) is 19.5. The molecule has 0 spiro atoms. The molecular weight excluding hydrogens is 502 g/mol. The molecule has 1 amide bonds. The van der Waals surface area contributed by atoms with Crippen LogP contribution in [-0.4, -0.2) is 67.7 Å². The molecule has 0 bridgehead atoms. The fourth-order valence-electron chi connectivity index (χ4n) is 5.65. The Balaban J connectivity index is 1.09. The average molecular weight is 538 g/mol. The minimum Gasteiger partial charge on any atom is -0.482 e. The lowest BCUT2D eigenvalue weighted by Crippen LogP contribution is -2.45. The number of likely N-dealkylation sites (tertiary alicyclic amines) is 2. The number of amides is 1. The van der Waals surface area contributed by atoms with Crippen LogP contribution in [-0.2, 0) is 13.7 Å². The van der Waals surface area contributed by atoms with E-state index < -0.39 is 0 Å². The van der Waals surface area contributed by atoms with Crippen molar-refractivity contribution in [2.24, 2.45) is 7.05 Å². The Morgan fingerprint density at radius 2 is 1.68 bits per heavy atom. The van der Waals surface area contributed by atoms with Gasteiger partial charge in [-0.25, -0.2) is 14.6 Å². The lowest BCUT2D eigenvalue weighted by Gasteiger charge is -2.36. The standard InChI is InChI=1S/C31H35N7O2/c1-36-28(34-30(35-36)23-7-3-2-4-8-23)21-40-27-19-25(20-33-29(27)32)22-9-11-24(12-10-22)31(39)38-17-13-26(14-18-38)37-15-5-6-16-37/h2-4,7-12,19-20,26H,5-6,13-18,21H2,1H3,(H2,32,33). The lowest BCUT2D eigenvalue weighted by atomic mass is 10.0. The van der Waals surface area contributed by atoms with Gasteiger partial charge >= 0.3 is 0 Å². The summed E-state index contributed by atoms with van der Waals surface area (Å²) in [5, 5.41) is 4.50. The monoisotopic (exact) mass is 537 g/mol. The molecular formula is C31H35N7O2. The zero-order valence-corrected chi connectivity index (χ0v) is 22.9. The van der Waals surface area contributed by atoms with Crippen LogP contribution < -0.4 is 10.5 Å². The number of piperidine rings is 1. The van der Waals surface area contributed by atoms with Gasteiger partial charge in [-0.15, -0.1) is 0 Å². The van der Waals surface area contributed by atoms with Crippen LogP contribution in [0.3, 0.4) is 0 Å². The van der Waals surface area contributed by atoms with Crippen molar-refractivity contribution in [2.45, 2.75) is 38.3 Å². The molecule has 6 rings (SSSR count). The highest BCUT2D eigenvalue weighted by molar-refractivity contribution is 5.94. The minimum absolute atomic E-state index is 0.101. The average Bonchev–Trinajstić information content (AvgIpc) is 3.67. The van der Waals surface area contributed by atoms with Gasteiger partial charge in [-0.05, 0) is 62.5 Å². The van der Waals surface area contributed by atoms with Crippen LogP contribution in [0.1, 0.15) is 41.9 Å². The van der Waals surface area contributed by atoms with E-state index in [1.54, 1.807) is 10.9 Å². The predicted molar refractivity (Wildman–Crippen MR) is 155 cm³/mol. The molecule has 4 aromatic rings. The van der Waals surface area contributed by atoms with E-state index in [1.165, 1.54) is 25.9 Å². The topological polar surface area (TPSA) is 102 Å². The molecule has 9 nitrogen and oxygen atoms in total. The Morgan fingerprint density at radius 1 is 0.950 bits per heavy atom. The molecule has 2 N–H and O–H groups in total. The molecule has 9 heteroatoms. The van der Waals surface area contributed by atoms with Gasteiger partial charge in [-0.1, -0.05) is 42.5 Å². The molecule has 0 atom stereocenters. The number of aryl methyl sites for hydroxylation is 1. The van der Waals surface area contributed by atoms with Gasteiger partial charge in [0.25, 0.3) is 5.91 Å². The number of rotatable bonds is 7. The zero-order valence-electron chi connectivity index (χ0n) is 22.9. The van der Waals surface area contributed by atoms with E-state index >= 15 is 0 Å². The molecule has 0 aliphatic carbocycles. The second-order valence-electron chi connectivity index (χ2n) is 10.6. The number of carbonyl (C=O) groups is 1. The summed E-state index contributed by atoms with van der Waals surface area (Å²) in [4.78, 5) is 26.7. The van der Waals surface area contributed by atoms with Crippen molar-refractivity contribution in [3.63, 3.8) is 0 Å². The summed E-state index contributed by atoms with van der Waals surface area (Å²) in [6.45, 7) is 4.27. The molecule has 2 aromatic carbocycles. The number of carbonyl (C=O) groups excluding carboxylic acids is 1. The maximum atomic E-state index is 13.2. The van der Waals surface area contributed by atoms with E-state index in [4.69, 9.17) is 10.5 Å². The van der Waals surface area contributed by atoms with E-state index in [-0.39, 0.29) is 12.5 Å². The molecule has 2 aliphatic rings. The first-order valence-electron chi connectivity index (χ1n) is 14.0. The number of aromatic nitrogens is 4. The summed E-state index contributed by atoms with van der Waals surface area (Å²) in [7, 11) is 1.84. The van der Waals surface area contributed by atoms with E-state index in [0.717, 1.165) is 42.6 Å². The molecule has 2 saturated heterocycles. The second-order valence-corrected chi connectivity index (χ2v) is 10.6. The normalized spacial score (nSPS) is 16.4. The number of benzene rings is 2. The summed E-state index contributed by atoms with van der Waals surface area (Å²) < 4.78 is 7.74. The summed E-state index contributed by atoms with van der Waals surface area (Å²) >= 11 is 0. The van der Waals surface area contributed by atoms with Crippen LogP contribution in [0.25, 0.3) is 22.5 Å². The number of nitrogens with two attached hydrogens (primary N) is 1. The molecule has 2 fully saturated rings. The van der Waals surface area contributed by atoms with Gasteiger partial charge < -0.3 is 20.3 Å². The fraction of sp³-hybridized carbons (Fsp3) is 0.355.